The number of nitrogens with one attached hydrogen (secondary N) is 2. The van der Waals surface area contributed by atoms with Crippen LogP contribution in [-0.2, 0) is 14.3 Å². The highest BCUT2D eigenvalue weighted by molar-refractivity contribution is 5.93. The number of rotatable bonds is 9. The molecule has 1 fully saturated rings. The molecule has 1 aliphatic rings. The van der Waals surface area contributed by atoms with Gasteiger partial charge in [-0.1, -0.05) is 38.5 Å². The number of aryl methyl sites for hydroxylation is 2. The first-order valence-electron chi connectivity index (χ1n) is 12.9. The van der Waals surface area contributed by atoms with Gasteiger partial charge in [0.15, 0.2) is 0 Å². The molecule has 35 heavy (non-hydrogen) atoms. The molecule has 3 atom stereocenters. The number of nitrogens with zero attached hydrogens (tertiary/aromatic N) is 1. The number of hydrogen-bond donors (Lipinski definition) is 2. The van der Waals surface area contributed by atoms with Crippen molar-refractivity contribution in [2.45, 2.75) is 118 Å². The van der Waals surface area contributed by atoms with Crippen LogP contribution in [0.1, 0.15) is 96.9 Å². The van der Waals surface area contributed by atoms with Crippen LogP contribution in [0.5, 0.6) is 0 Å². The first-order chi connectivity index (χ1) is 16.3. The molecular weight excluding hydrogens is 442 g/mol. The summed E-state index contributed by atoms with van der Waals surface area (Å²) in [4.78, 5) is 42.5. The number of amides is 3. The molecule has 2 N–H and O–H groups in total. The van der Waals surface area contributed by atoms with Crippen molar-refractivity contribution in [2.75, 3.05) is 0 Å². The van der Waals surface area contributed by atoms with Crippen molar-refractivity contribution in [1.82, 2.24) is 15.5 Å². The fourth-order valence-corrected chi connectivity index (χ4v) is 4.48. The van der Waals surface area contributed by atoms with Crippen LogP contribution < -0.4 is 10.6 Å². The highest BCUT2D eigenvalue weighted by Gasteiger charge is 2.44. The zero-order valence-electron chi connectivity index (χ0n) is 23.0. The smallest absolute Gasteiger partial charge is 0.408 e. The number of benzene rings is 1. The van der Waals surface area contributed by atoms with Gasteiger partial charge < -0.3 is 20.3 Å². The second-order valence-corrected chi connectivity index (χ2v) is 11.2. The SMILES string of the molecule is CCC(C)C(NC(=O)OC(C)(C)C)C(=O)N(C1CCC1)C(C(=O)NC(C)C)c1c(C)cccc1C. The van der Waals surface area contributed by atoms with Gasteiger partial charge in [-0.05, 0) is 90.3 Å². The topological polar surface area (TPSA) is 87.7 Å². The Kier molecular flexibility index (Phi) is 9.76. The molecule has 1 aromatic carbocycles. The predicted octanol–water partition coefficient (Wildman–Crippen LogP) is 5.19. The van der Waals surface area contributed by atoms with Gasteiger partial charge in [-0.2, -0.15) is 0 Å². The average molecular weight is 488 g/mol. The molecule has 0 heterocycles. The van der Waals surface area contributed by atoms with Crippen molar-refractivity contribution in [3.05, 3.63) is 34.9 Å². The molecule has 7 heteroatoms. The van der Waals surface area contributed by atoms with Gasteiger partial charge in [0, 0.05) is 12.1 Å². The maximum Gasteiger partial charge on any atom is 0.408 e. The Hall–Kier alpha value is -2.57. The molecule has 1 saturated carbocycles. The van der Waals surface area contributed by atoms with Gasteiger partial charge in [-0.15, -0.1) is 0 Å². The van der Waals surface area contributed by atoms with Gasteiger partial charge in [-0.3, -0.25) is 9.59 Å². The van der Waals surface area contributed by atoms with E-state index in [1.165, 1.54) is 0 Å². The van der Waals surface area contributed by atoms with Gasteiger partial charge in [0.1, 0.15) is 17.7 Å². The third-order valence-electron chi connectivity index (χ3n) is 6.65. The summed E-state index contributed by atoms with van der Waals surface area (Å²) in [6, 6.07) is 4.22. The van der Waals surface area contributed by atoms with Crippen molar-refractivity contribution in [3.63, 3.8) is 0 Å². The number of hydrogen-bond acceptors (Lipinski definition) is 4. The van der Waals surface area contributed by atoms with Crippen molar-refractivity contribution in [2.24, 2.45) is 5.92 Å². The van der Waals surface area contributed by atoms with Gasteiger partial charge >= 0.3 is 6.09 Å². The second-order valence-electron chi connectivity index (χ2n) is 11.2. The summed E-state index contributed by atoms with van der Waals surface area (Å²) in [5.41, 5.74) is 2.10. The second kappa shape index (κ2) is 11.9. The Balaban J connectivity index is 2.57. The highest BCUT2D eigenvalue weighted by atomic mass is 16.6. The zero-order valence-corrected chi connectivity index (χ0v) is 23.0. The molecule has 0 saturated heterocycles. The summed E-state index contributed by atoms with van der Waals surface area (Å²) in [6.07, 6.45) is 2.74. The van der Waals surface area contributed by atoms with E-state index in [-0.39, 0.29) is 29.8 Å². The molecule has 0 spiro atoms. The van der Waals surface area contributed by atoms with Crippen molar-refractivity contribution >= 4 is 17.9 Å². The molecule has 1 aliphatic carbocycles. The molecule has 3 unspecified atom stereocenters. The van der Waals surface area contributed by atoms with Crippen LogP contribution in [0.15, 0.2) is 18.2 Å². The Morgan fingerprint density at radius 3 is 2.06 bits per heavy atom. The average Bonchev–Trinajstić information content (AvgIpc) is 2.69. The maximum atomic E-state index is 14.3. The van der Waals surface area contributed by atoms with E-state index in [0.29, 0.717) is 6.42 Å². The molecule has 196 valence electrons. The molecule has 2 rings (SSSR count). The van der Waals surface area contributed by atoms with Crippen molar-refractivity contribution < 1.29 is 19.1 Å². The van der Waals surface area contributed by atoms with E-state index in [4.69, 9.17) is 4.74 Å². The molecular formula is C28H45N3O4. The van der Waals surface area contributed by atoms with E-state index in [2.05, 4.69) is 10.6 Å². The number of ether oxygens (including phenoxy) is 1. The first-order valence-corrected chi connectivity index (χ1v) is 12.9. The molecule has 0 aliphatic heterocycles. The van der Waals surface area contributed by atoms with Crippen molar-refractivity contribution in [3.8, 4) is 0 Å². The van der Waals surface area contributed by atoms with Crippen LogP contribution in [-0.4, -0.2) is 46.5 Å². The zero-order chi connectivity index (χ0) is 26.5. The number of carbonyl (C=O) groups is 3. The quantitative estimate of drug-likeness (QED) is 0.502. The summed E-state index contributed by atoms with van der Waals surface area (Å²) in [5, 5.41) is 5.88. The minimum atomic E-state index is -0.797. The van der Waals surface area contributed by atoms with Crippen LogP contribution in [0.4, 0.5) is 4.79 Å². The summed E-state index contributed by atoms with van der Waals surface area (Å²) in [6.45, 7) is 17.1. The van der Waals surface area contributed by atoms with Gasteiger partial charge in [0.2, 0.25) is 11.8 Å². The van der Waals surface area contributed by atoms with E-state index in [1.54, 1.807) is 25.7 Å². The fourth-order valence-electron chi connectivity index (χ4n) is 4.48. The Morgan fingerprint density at radius 1 is 1.06 bits per heavy atom. The minimum absolute atomic E-state index is 0.0589. The predicted molar refractivity (Wildman–Crippen MR) is 139 cm³/mol. The lowest BCUT2D eigenvalue weighted by Crippen LogP contribution is -2.59. The Labute approximate surface area is 211 Å². The standard InChI is InChI=1S/C28H45N3O4/c1-10-18(4)23(30-27(34)35-28(7,8)9)26(33)31(21-15-12-16-21)24(25(32)29-17(2)3)22-19(5)13-11-14-20(22)6/h11,13-14,17-18,21,23-24H,10,12,15-16H2,1-9H3,(H,29,32)(H,30,34). The lowest BCUT2D eigenvalue weighted by Gasteiger charge is -2.45. The summed E-state index contributed by atoms with van der Waals surface area (Å²) >= 11 is 0. The molecule has 0 radical (unpaired) electrons. The third kappa shape index (κ3) is 7.45. The lowest BCUT2D eigenvalue weighted by atomic mass is 9.85. The molecule has 3 amide bonds. The molecule has 1 aromatic rings. The lowest BCUT2D eigenvalue weighted by molar-refractivity contribution is -0.148. The summed E-state index contributed by atoms with van der Waals surface area (Å²) < 4.78 is 5.48. The van der Waals surface area contributed by atoms with E-state index in [0.717, 1.165) is 36.0 Å². The normalized spacial score (nSPS) is 16.6. The van der Waals surface area contributed by atoms with E-state index < -0.39 is 23.8 Å². The monoisotopic (exact) mass is 487 g/mol. The molecule has 7 nitrogen and oxygen atoms in total. The third-order valence-corrected chi connectivity index (χ3v) is 6.65. The van der Waals surface area contributed by atoms with E-state index >= 15 is 0 Å². The minimum Gasteiger partial charge on any atom is -0.444 e. The van der Waals surface area contributed by atoms with Crippen LogP contribution in [0.3, 0.4) is 0 Å². The molecule has 0 bridgehead atoms. The van der Waals surface area contributed by atoms with Gasteiger partial charge in [-0.25, -0.2) is 4.79 Å². The highest BCUT2D eigenvalue weighted by Crippen LogP contribution is 2.36. The van der Waals surface area contributed by atoms with Crippen molar-refractivity contribution in [1.29, 1.82) is 0 Å². The van der Waals surface area contributed by atoms with Crippen LogP contribution in [0, 0.1) is 19.8 Å². The maximum absolute atomic E-state index is 14.3. The Bertz CT molecular complexity index is 882. The molecule has 0 aromatic heterocycles. The van der Waals surface area contributed by atoms with Gasteiger partial charge in [0.05, 0.1) is 0 Å². The van der Waals surface area contributed by atoms with E-state index in [9.17, 15) is 14.4 Å². The number of carbonyl (C=O) groups excluding carboxylic acids is 3. The largest absolute Gasteiger partial charge is 0.444 e. The van der Waals surface area contributed by atoms with Crippen LogP contribution in [0.2, 0.25) is 0 Å². The summed E-state index contributed by atoms with van der Waals surface area (Å²) in [7, 11) is 0. The summed E-state index contributed by atoms with van der Waals surface area (Å²) in [5.74, 6) is -0.566. The van der Waals surface area contributed by atoms with Crippen LogP contribution >= 0.6 is 0 Å². The van der Waals surface area contributed by atoms with E-state index in [1.807, 2.05) is 59.7 Å². The number of alkyl carbamates (subject to hydrolysis) is 1. The van der Waals surface area contributed by atoms with Gasteiger partial charge in [0.25, 0.3) is 0 Å². The first kappa shape index (κ1) is 28.7. The Morgan fingerprint density at radius 2 is 1.63 bits per heavy atom. The fraction of sp³-hybridized carbons (Fsp3) is 0.679. The van der Waals surface area contributed by atoms with Crippen LogP contribution in [0.25, 0.3) is 0 Å².